The lowest BCUT2D eigenvalue weighted by Gasteiger charge is -2.11. The van der Waals surface area contributed by atoms with Gasteiger partial charge in [-0.3, -0.25) is 0 Å². The number of anilines is 1. The highest BCUT2D eigenvalue weighted by molar-refractivity contribution is 9.10. The zero-order valence-corrected chi connectivity index (χ0v) is 11.5. The summed E-state index contributed by atoms with van der Waals surface area (Å²) < 4.78 is 45.2. The van der Waals surface area contributed by atoms with Gasteiger partial charge in [0.1, 0.15) is 5.82 Å². The van der Waals surface area contributed by atoms with E-state index in [4.69, 9.17) is 22.1 Å². The first-order chi connectivity index (χ1) is 8.88. The first kappa shape index (κ1) is 14.0. The molecule has 2 aromatic carbocycles. The molecule has 19 heavy (non-hydrogen) atoms. The Morgan fingerprint density at radius 1 is 1.00 bits per heavy atom. The number of nitrogens with two attached hydrogens (primary N) is 1. The summed E-state index contributed by atoms with van der Waals surface area (Å²) in [6, 6.07) is 4.19. The van der Waals surface area contributed by atoms with Crippen LogP contribution in [0.2, 0.25) is 5.02 Å². The molecule has 2 nitrogen and oxygen atoms in total. The van der Waals surface area contributed by atoms with Gasteiger partial charge in [0, 0.05) is 16.6 Å². The summed E-state index contributed by atoms with van der Waals surface area (Å²) in [6.45, 7) is 0. The molecule has 0 fully saturated rings. The van der Waals surface area contributed by atoms with E-state index in [9.17, 15) is 13.2 Å². The molecule has 0 saturated carbocycles. The summed E-state index contributed by atoms with van der Waals surface area (Å²) in [6.07, 6.45) is 0. The summed E-state index contributed by atoms with van der Waals surface area (Å²) in [5.74, 6) is -3.45. The fraction of sp³-hybridized carbons (Fsp3) is 0. The van der Waals surface area contributed by atoms with Crippen LogP contribution in [0.25, 0.3) is 0 Å². The summed E-state index contributed by atoms with van der Waals surface area (Å²) in [5, 5.41) is -0.236. The minimum Gasteiger partial charge on any atom is -0.452 e. The Bertz CT molecular complexity index is 651. The van der Waals surface area contributed by atoms with Crippen molar-refractivity contribution in [2.75, 3.05) is 5.73 Å². The zero-order chi connectivity index (χ0) is 14.2. The van der Waals surface area contributed by atoms with Crippen LogP contribution in [-0.4, -0.2) is 0 Å². The van der Waals surface area contributed by atoms with Crippen molar-refractivity contribution < 1.29 is 17.9 Å². The molecule has 0 aliphatic rings. The van der Waals surface area contributed by atoms with E-state index in [2.05, 4.69) is 15.9 Å². The lowest BCUT2D eigenvalue weighted by Crippen LogP contribution is -1.97. The molecular formula is C12H6BrClF3NO. The van der Waals surface area contributed by atoms with Crippen molar-refractivity contribution in [3.63, 3.8) is 0 Å². The molecule has 0 unspecified atom stereocenters. The molecule has 2 rings (SSSR count). The smallest absolute Gasteiger partial charge is 0.201 e. The van der Waals surface area contributed by atoms with Crippen LogP contribution in [0.15, 0.2) is 28.7 Å². The minimum absolute atomic E-state index is 0.0669. The molecule has 0 aliphatic carbocycles. The van der Waals surface area contributed by atoms with E-state index >= 15 is 0 Å². The predicted octanol–water partition coefficient (Wildman–Crippen LogP) is 4.89. The second kappa shape index (κ2) is 5.30. The standard InChI is InChI=1S/C12H6BrClF3NO/c13-5-1-8(16)12(17)11(2-5)19-10-3-6(14)7(15)4-9(10)18/h1-4H,18H2. The summed E-state index contributed by atoms with van der Waals surface area (Å²) in [4.78, 5) is 0. The van der Waals surface area contributed by atoms with Crippen LogP contribution >= 0.6 is 27.5 Å². The molecule has 2 aromatic rings. The van der Waals surface area contributed by atoms with Crippen molar-refractivity contribution >= 4 is 33.2 Å². The zero-order valence-electron chi connectivity index (χ0n) is 9.18. The molecular weight excluding hydrogens is 346 g/mol. The molecule has 0 aliphatic heterocycles. The normalized spacial score (nSPS) is 10.6. The third kappa shape index (κ3) is 2.96. The van der Waals surface area contributed by atoms with Gasteiger partial charge in [-0.1, -0.05) is 27.5 Å². The summed E-state index contributed by atoms with van der Waals surface area (Å²) in [5.41, 5.74) is 5.43. The average Bonchev–Trinajstić information content (AvgIpc) is 2.32. The highest BCUT2D eigenvalue weighted by Crippen LogP contribution is 2.35. The van der Waals surface area contributed by atoms with Crippen LogP contribution in [-0.2, 0) is 0 Å². The number of ether oxygens (including phenoxy) is 1. The van der Waals surface area contributed by atoms with Gasteiger partial charge in [-0.2, -0.15) is 4.39 Å². The molecule has 0 amide bonds. The van der Waals surface area contributed by atoms with E-state index < -0.39 is 17.5 Å². The van der Waals surface area contributed by atoms with Crippen LogP contribution in [0.5, 0.6) is 11.5 Å². The molecule has 2 N–H and O–H groups in total. The Morgan fingerprint density at radius 3 is 2.37 bits per heavy atom. The van der Waals surface area contributed by atoms with Crippen LogP contribution in [0.3, 0.4) is 0 Å². The fourth-order valence-electron chi connectivity index (χ4n) is 1.36. The number of nitrogen functional groups attached to an aromatic ring is 1. The van der Waals surface area contributed by atoms with Gasteiger partial charge < -0.3 is 10.5 Å². The van der Waals surface area contributed by atoms with E-state index in [1.807, 2.05) is 0 Å². The van der Waals surface area contributed by atoms with Crippen LogP contribution in [0, 0.1) is 17.5 Å². The molecule has 0 heterocycles. The largest absolute Gasteiger partial charge is 0.452 e. The number of hydrogen-bond acceptors (Lipinski definition) is 2. The van der Waals surface area contributed by atoms with Crippen LogP contribution in [0.1, 0.15) is 0 Å². The van der Waals surface area contributed by atoms with Gasteiger partial charge in [-0.15, -0.1) is 0 Å². The predicted molar refractivity (Wildman–Crippen MR) is 70.0 cm³/mol. The number of hydrogen-bond donors (Lipinski definition) is 1. The van der Waals surface area contributed by atoms with Crippen molar-refractivity contribution in [3.05, 3.63) is 51.2 Å². The van der Waals surface area contributed by atoms with Crippen LogP contribution < -0.4 is 10.5 Å². The monoisotopic (exact) mass is 351 g/mol. The Labute approximate surface area is 120 Å². The number of rotatable bonds is 2. The Balaban J connectivity index is 2.44. The topological polar surface area (TPSA) is 35.2 Å². The van der Waals surface area contributed by atoms with Crippen LogP contribution in [0.4, 0.5) is 18.9 Å². The average molecular weight is 353 g/mol. The van der Waals surface area contributed by atoms with Crippen molar-refractivity contribution in [2.45, 2.75) is 0 Å². The second-order valence-corrected chi connectivity index (χ2v) is 4.93. The van der Waals surface area contributed by atoms with Gasteiger partial charge in [-0.25, -0.2) is 8.78 Å². The lowest BCUT2D eigenvalue weighted by molar-refractivity contribution is 0.416. The SMILES string of the molecule is Nc1cc(F)c(Cl)cc1Oc1cc(Br)cc(F)c1F. The van der Waals surface area contributed by atoms with E-state index in [-0.39, 0.29) is 26.7 Å². The van der Waals surface area contributed by atoms with Crippen molar-refractivity contribution in [1.29, 1.82) is 0 Å². The fourth-order valence-corrected chi connectivity index (χ4v) is 1.92. The Kier molecular flexibility index (Phi) is 3.91. The van der Waals surface area contributed by atoms with Gasteiger partial charge in [0.15, 0.2) is 17.3 Å². The Morgan fingerprint density at radius 2 is 1.68 bits per heavy atom. The maximum Gasteiger partial charge on any atom is 0.201 e. The van der Waals surface area contributed by atoms with Gasteiger partial charge in [-0.05, 0) is 12.1 Å². The first-order valence-electron chi connectivity index (χ1n) is 4.95. The first-order valence-corrected chi connectivity index (χ1v) is 6.12. The third-order valence-corrected chi connectivity index (χ3v) is 2.98. The van der Waals surface area contributed by atoms with Gasteiger partial charge in [0.05, 0.1) is 10.7 Å². The summed E-state index contributed by atoms with van der Waals surface area (Å²) >= 11 is 8.57. The number of benzene rings is 2. The third-order valence-electron chi connectivity index (χ3n) is 2.23. The minimum atomic E-state index is -1.18. The second-order valence-electron chi connectivity index (χ2n) is 3.61. The van der Waals surface area contributed by atoms with Crippen molar-refractivity contribution in [2.24, 2.45) is 0 Å². The highest BCUT2D eigenvalue weighted by Gasteiger charge is 2.15. The van der Waals surface area contributed by atoms with Gasteiger partial charge in [0.2, 0.25) is 5.82 Å². The van der Waals surface area contributed by atoms with Crippen molar-refractivity contribution in [3.8, 4) is 11.5 Å². The molecule has 0 atom stereocenters. The lowest BCUT2D eigenvalue weighted by atomic mass is 10.2. The molecule has 0 saturated heterocycles. The molecule has 0 bridgehead atoms. The molecule has 0 aromatic heterocycles. The van der Waals surface area contributed by atoms with E-state index in [1.165, 1.54) is 6.07 Å². The summed E-state index contributed by atoms with van der Waals surface area (Å²) in [7, 11) is 0. The van der Waals surface area contributed by atoms with E-state index in [0.29, 0.717) is 0 Å². The van der Waals surface area contributed by atoms with Gasteiger partial charge >= 0.3 is 0 Å². The Hall–Kier alpha value is -1.40. The molecule has 100 valence electrons. The van der Waals surface area contributed by atoms with Crippen molar-refractivity contribution in [1.82, 2.24) is 0 Å². The molecule has 0 spiro atoms. The maximum absolute atomic E-state index is 13.5. The number of halogens is 5. The van der Waals surface area contributed by atoms with Gasteiger partial charge in [0.25, 0.3) is 0 Å². The maximum atomic E-state index is 13.5. The quantitative estimate of drug-likeness (QED) is 0.617. The van der Waals surface area contributed by atoms with E-state index in [1.54, 1.807) is 0 Å². The molecule has 0 radical (unpaired) electrons. The highest BCUT2D eigenvalue weighted by atomic mass is 79.9. The van der Waals surface area contributed by atoms with E-state index in [0.717, 1.165) is 18.2 Å². The molecule has 7 heteroatoms.